The monoisotopic (exact) mass is 296 g/mol. The normalized spacial score (nSPS) is 19.7. The first-order chi connectivity index (χ1) is 9.79. The molecule has 1 aliphatic rings. The molecule has 0 bridgehead atoms. The molecule has 2 amide bonds. The average molecular weight is 296 g/mol. The number of nitrogens with zero attached hydrogens (tertiary/aromatic N) is 2. The summed E-state index contributed by atoms with van der Waals surface area (Å²) in [4.78, 5) is 23.8. The lowest BCUT2D eigenvalue weighted by Gasteiger charge is -2.33. The van der Waals surface area contributed by atoms with Crippen LogP contribution < -0.4 is 11.1 Å². The van der Waals surface area contributed by atoms with Crippen molar-refractivity contribution >= 4 is 11.9 Å². The van der Waals surface area contributed by atoms with Crippen LogP contribution in [0.15, 0.2) is 12.3 Å². The molecular formula is C13H20N4O4. The molecule has 0 aromatic carbocycles. The molecule has 8 nitrogen and oxygen atoms in total. The number of carbonyl (C=O) groups is 2. The van der Waals surface area contributed by atoms with Crippen molar-refractivity contribution in [1.82, 2.24) is 15.1 Å². The van der Waals surface area contributed by atoms with Crippen LogP contribution in [-0.4, -0.2) is 51.7 Å². The highest BCUT2D eigenvalue weighted by atomic mass is 16.5. The van der Waals surface area contributed by atoms with Gasteiger partial charge in [0.05, 0.1) is 17.4 Å². The van der Waals surface area contributed by atoms with Gasteiger partial charge in [-0.25, -0.2) is 4.79 Å². The Balaban J connectivity index is 2.20. The molecule has 2 heterocycles. The predicted octanol–water partition coefficient (Wildman–Crippen LogP) is -0.430. The highest BCUT2D eigenvalue weighted by molar-refractivity contribution is 5.85. The van der Waals surface area contributed by atoms with Crippen LogP contribution >= 0.6 is 0 Å². The summed E-state index contributed by atoms with van der Waals surface area (Å²) in [5, 5.41) is 16.2. The van der Waals surface area contributed by atoms with E-state index in [9.17, 15) is 14.7 Å². The van der Waals surface area contributed by atoms with E-state index in [2.05, 4.69) is 10.4 Å². The van der Waals surface area contributed by atoms with Gasteiger partial charge in [0.15, 0.2) is 0 Å². The van der Waals surface area contributed by atoms with E-state index in [4.69, 9.17) is 10.5 Å². The molecule has 8 heteroatoms. The molecule has 0 aliphatic carbocycles. The summed E-state index contributed by atoms with van der Waals surface area (Å²) in [5.41, 5.74) is 4.61. The number of aliphatic hydroxyl groups is 1. The lowest BCUT2D eigenvalue weighted by molar-refractivity contribution is -0.134. The zero-order valence-corrected chi connectivity index (χ0v) is 12.1. The van der Waals surface area contributed by atoms with Crippen LogP contribution in [0.1, 0.15) is 31.9 Å². The van der Waals surface area contributed by atoms with E-state index in [1.165, 1.54) is 6.20 Å². The molecule has 0 spiro atoms. The van der Waals surface area contributed by atoms with Crippen molar-refractivity contribution in [3.05, 3.63) is 18.0 Å². The summed E-state index contributed by atoms with van der Waals surface area (Å²) in [6.45, 7) is 3.86. The second-order valence-electron chi connectivity index (χ2n) is 5.71. The number of carbonyl (C=O) groups excluding carboxylic acids is 2. The Kier molecular flexibility index (Phi) is 4.29. The summed E-state index contributed by atoms with van der Waals surface area (Å²) < 4.78 is 6.38. The topological polar surface area (TPSA) is 119 Å². The Hall–Kier alpha value is -1.93. The van der Waals surface area contributed by atoms with E-state index in [0.29, 0.717) is 18.7 Å². The molecule has 0 radical (unpaired) electrons. The molecule has 2 unspecified atom stereocenters. The third-order valence-electron chi connectivity index (χ3n) is 3.28. The fraction of sp³-hybridized carbons (Fsp3) is 0.615. The van der Waals surface area contributed by atoms with Crippen LogP contribution in [-0.2, 0) is 9.53 Å². The molecule has 0 saturated carbocycles. The maximum Gasteiger partial charge on any atom is 0.339 e. The van der Waals surface area contributed by atoms with Gasteiger partial charge in [-0.1, -0.05) is 0 Å². The zero-order valence-electron chi connectivity index (χ0n) is 12.1. The fourth-order valence-corrected chi connectivity index (χ4v) is 2.16. The molecule has 1 aromatic rings. The average Bonchev–Trinajstić information content (AvgIpc) is 2.78. The Morgan fingerprint density at radius 3 is 2.81 bits per heavy atom. The summed E-state index contributed by atoms with van der Waals surface area (Å²) in [6, 6.07) is 0.815. The van der Waals surface area contributed by atoms with Crippen LogP contribution in [0.4, 0.5) is 4.79 Å². The van der Waals surface area contributed by atoms with Gasteiger partial charge in [-0.3, -0.25) is 4.79 Å². The van der Waals surface area contributed by atoms with Crippen molar-refractivity contribution in [1.29, 1.82) is 0 Å². The Morgan fingerprint density at radius 2 is 2.33 bits per heavy atom. The van der Waals surface area contributed by atoms with Gasteiger partial charge >= 0.3 is 6.03 Å². The second kappa shape index (κ2) is 5.82. The number of nitrogens with two attached hydrogens (primary N) is 1. The molecule has 4 N–H and O–H groups in total. The van der Waals surface area contributed by atoms with Crippen molar-refractivity contribution in [3.8, 4) is 0 Å². The van der Waals surface area contributed by atoms with Crippen LogP contribution in [0, 0.1) is 0 Å². The highest BCUT2D eigenvalue weighted by Gasteiger charge is 2.38. The lowest BCUT2D eigenvalue weighted by Crippen LogP contribution is -2.47. The van der Waals surface area contributed by atoms with E-state index >= 15 is 0 Å². The molecule has 116 valence electrons. The van der Waals surface area contributed by atoms with Crippen LogP contribution in [0.5, 0.6) is 0 Å². The zero-order chi connectivity index (χ0) is 15.6. The molecule has 1 saturated heterocycles. The Labute approximate surface area is 122 Å². The van der Waals surface area contributed by atoms with E-state index < -0.39 is 17.6 Å². The predicted molar refractivity (Wildman–Crippen MR) is 73.6 cm³/mol. The standard InChI is InChI=1S/C13H20N4O4/c1-13(2,20)7-15-11(18)10(9-4-6-21-9)8-3-5-16-17(8)12(14)19/h3,5,9-10,20H,4,6-7H2,1-2H3,(H2,14,19)(H,15,18). The van der Waals surface area contributed by atoms with E-state index in [-0.39, 0.29) is 18.6 Å². The quantitative estimate of drug-likeness (QED) is 0.681. The van der Waals surface area contributed by atoms with Crippen molar-refractivity contribution in [2.24, 2.45) is 5.73 Å². The number of ether oxygens (including phenoxy) is 1. The van der Waals surface area contributed by atoms with Gasteiger partial charge in [0, 0.05) is 19.3 Å². The Morgan fingerprint density at radius 1 is 1.67 bits per heavy atom. The molecule has 1 aliphatic heterocycles. The smallest absolute Gasteiger partial charge is 0.339 e. The van der Waals surface area contributed by atoms with E-state index in [1.807, 2.05) is 0 Å². The molecule has 1 fully saturated rings. The third kappa shape index (κ3) is 3.59. The van der Waals surface area contributed by atoms with Crippen LogP contribution in [0.2, 0.25) is 0 Å². The van der Waals surface area contributed by atoms with Gasteiger partial charge in [-0.2, -0.15) is 9.78 Å². The molecular weight excluding hydrogens is 276 g/mol. The van der Waals surface area contributed by atoms with Gasteiger partial charge in [-0.05, 0) is 26.3 Å². The Bertz CT molecular complexity index is 531. The minimum Gasteiger partial charge on any atom is -0.389 e. The lowest BCUT2D eigenvalue weighted by atomic mass is 9.92. The van der Waals surface area contributed by atoms with E-state index in [0.717, 1.165) is 4.68 Å². The first-order valence-electron chi connectivity index (χ1n) is 6.75. The SMILES string of the molecule is CC(C)(O)CNC(=O)C(c1ccnn1C(N)=O)C1CCO1. The largest absolute Gasteiger partial charge is 0.389 e. The number of hydrogen-bond acceptors (Lipinski definition) is 5. The minimum atomic E-state index is -1.02. The molecule has 21 heavy (non-hydrogen) atoms. The van der Waals surface area contributed by atoms with Gasteiger partial charge in [0.1, 0.15) is 5.92 Å². The summed E-state index contributed by atoms with van der Waals surface area (Å²) in [5.74, 6) is -1.01. The summed E-state index contributed by atoms with van der Waals surface area (Å²) in [7, 11) is 0. The molecule has 2 atom stereocenters. The second-order valence-corrected chi connectivity index (χ2v) is 5.71. The fourth-order valence-electron chi connectivity index (χ4n) is 2.16. The number of amides is 2. The summed E-state index contributed by atoms with van der Waals surface area (Å²) in [6.07, 6.45) is 1.81. The van der Waals surface area contributed by atoms with Crippen molar-refractivity contribution in [3.63, 3.8) is 0 Å². The van der Waals surface area contributed by atoms with Crippen LogP contribution in [0.3, 0.4) is 0 Å². The van der Waals surface area contributed by atoms with Crippen molar-refractivity contribution in [2.75, 3.05) is 13.2 Å². The summed E-state index contributed by atoms with van der Waals surface area (Å²) >= 11 is 0. The van der Waals surface area contributed by atoms with Crippen molar-refractivity contribution < 1.29 is 19.4 Å². The maximum absolute atomic E-state index is 12.4. The van der Waals surface area contributed by atoms with Gasteiger partial charge < -0.3 is 20.9 Å². The minimum absolute atomic E-state index is 0.0970. The molecule has 1 aromatic heterocycles. The number of rotatable bonds is 5. The van der Waals surface area contributed by atoms with Gasteiger partial charge in [0.2, 0.25) is 5.91 Å². The van der Waals surface area contributed by atoms with Gasteiger partial charge in [-0.15, -0.1) is 0 Å². The first kappa shape index (κ1) is 15.5. The van der Waals surface area contributed by atoms with Crippen LogP contribution in [0.25, 0.3) is 0 Å². The first-order valence-corrected chi connectivity index (χ1v) is 6.75. The number of hydrogen-bond donors (Lipinski definition) is 3. The van der Waals surface area contributed by atoms with E-state index in [1.54, 1.807) is 19.9 Å². The van der Waals surface area contributed by atoms with Gasteiger partial charge in [0.25, 0.3) is 0 Å². The highest BCUT2D eigenvalue weighted by Crippen LogP contribution is 2.29. The maximum atomic E-state index is 12.4. The number of aromatic nitrogens is 2. The molecule has 2 rings (SSSR count). The van der Waals surface area contributed by atoms with Crippen molar-refractivity contribution in [2.45, 2.75) is 37.9 Å². The number of primary amides is 1. The third-order valence-corrected chi connectivity index (χ3v) is 3.28. The number of nitrogens with one attached hydrogen (secondary N) is 1.